The molecule has 0 aromatic carbocycles. The van der Waals surface area contributed by atoms with Crippen LogP contribution in [0.2, 0.25) is 0 Å². The number of esters is 1. The Kier molecular flexibility index (Phi) is 5.58. The molecule has 0 aromatic heterocycles. The van der Waals surface area contributed by atoms with Crippen molar-refractivity contribution in [2.75, 3.05) is 0 Å². The summed E-state index contributed by atoms with van der Waals surface area (Å²) >= 11 is 0. The van der Waals surface area contributed by atoms with Gasteiger partial charge in [0, 0.05) is 24.7 Å². The van der Waals surface area contributed by atoms with Gasteiger partial charge in [-0.1, -0.05) is 46.3 Å². The summed E-state index contributed by atoms with van der Waals surface area (Å²) in [5.41, 5.74) is 1.76. The fourth-order valence-corrected chi connectivity index (χ4v) is 10.6. The van der Waals surface area contributed by atoms with Gasteiger partial charge in [0.1, 0.15) is 11.9 Å². The average Bonchev–Trinajstić information content (AvgIpc) is 3.12. The molecule has 2 aliphatic heterocycles. The van der Waals surface area contributed by atoms with Gasteiger partial charge < -0.3 is 14.2 Å². The molecule has 5 heteroatoms. The largest absolute Gasteiger partial charge is 0.436 e. The molecule has 0 radical (unpaired) electrons. The first-order chi connectivity index (χ1) is 17.1. The predicted octanol–water partition coefficient (Wildman–Crippen LogP) is 6.63. The molecule has 0 spiro atoms. The number of hydrogen-bond donors (Lipinski definition) is 0. The molecule has 0 amide bonds. The maximum atomic E-state index is 12.9. The molecule has 6 aliphatic rings. The van der Waals surface area contributed by atoms with Crippen LogP contribution in [0.3, 0.4) is 0 Å². The van der Waals surface area contributed by atoms with Crippen LogP contribution in [0.25, 0.3) is 0 Å². The number of Topliss-reactive ketones (excluding diaryl/α,β-unsaturated/α-hetero) is 1. The quantitative estimate of drug-likeness (QED) is 0.241. The number of ether oxygens (including phenoxy) is 3. The van der Waals surface area contributed by atoms with Gasteiger partial charge in [-0.3, -0.25) is 9.59 Å². The van der Waals surface area contributed by atoms with Gasteiger partial charge in [0.05, 0.1) is 11.7 Å². The zero-order valence-corrected chi connectivity index (χ0v) is 24.3. The van der Waals surface area contributed by atoms with Crippen LogP contribution in [0, 0.1) is 45.3 Å². The average molecular weight is 513 g/mol. The van der Waals surface area contributed by atoms with E-state index in [1.165, 1.54) is 26.2 Å². The molecule has 4 aliphatic carbocycles. The van der Waals surface area contributed by atoms with Crippen molar-refractivity contribution in [2.24, 2.45) is 45.3 Å². The van der Waals surface area contributed by atoms with Crippen molar-refractivity contribution in [3.05, 3.63) is 11.6 Å². The van der Waals surface area contributed by atoms with Gasteiger partial charge in [-0.05, 0) is 92.8 Å². The summed E-state index contributed by atoms with van der Waals surface area (Å²) in [7, 11) is 0. The van der Waals surface area contributed by atoms with E-state index in [1.807, 2.05) is 0 Å². The van der Waals surface area contributed by atoms with E-state index in [9.17, 15) is 9.59 Å². The molecule has 37 heavy (non-hydrogen) atoms. The van der Waals surface area contributed by atoms with Crippen molar-refractivity contribution in [3.63, 3.8) is 0 Å². The molecular weight excluding hydrogens is 464 g/mol. The molecule has 6 rings (SSSR count). The number of ketones is 1. The lowest BCUT2D eigenvalue weighted by Crippen LogP contribution is -2.57. The van der Waals surface area contributed by atoms with Crippen LogP contribution in [-0.4, -0.2) is 35.9 Å². The third kappa shape index (κ3) is 3.47. The molecule has 0 bridgehead atoms. The van der Waals surface area contributed by atoms with Crippen LogP contribution < -0.4 is 0 Å². The number of carbonyl (C=O) groups excluding carboxylic acids is 2. The summed E-state index contributed by atoms with van der Waals surface area (Å²) in [4.78, 5) is 25.0. The minimum atomic E-state index is -0.475. The smallest absolute Gasteiger partial charge is 0.304 e. The lowest BCUT2D eigenvalue weighted by Gasteiger charge is -2.63. The van der Waals surface area contributed by atoms with Crippen molar-refractivity contribution in [1.29, 1.82) is 0 Å². The Bertz CT molecular complexity index is 1040. The van der Waals surface area contributed by atoms with E-state index >= 15 is 0 Å². The van der Waals surface area contributed by atoms with Gasteiger partial charge in [-0.2, -0.15) is 0 Å². The second-order valence-corrected chi connectivity index (χ2v) is 15.3. The van der Waals surface area contributed by atoms with Crippen LogP contribution in [0.1, 0.15) is 107 Å². The SMILES string of the molecule is CC(=O)O[C@@H]1O[C@H]([C@@H]2OC2(C)C)C[C@H]1[C@@H]1CC[C@]2(C)C3=CC[C@H]4C(C)(C)C(=O)CC[C@]4(C)[C@H]3CC[C@@]12C. The lowest BCUT2D eigenvalue weighted by molar-refractivity contribution is -0.186. The number of fused-ring (bicyclic) bond motifs is 5. The van der Waals surface area contributed by atoms with Crippen molar-refractivity contribution < 1.29 is 23.8 Å². The Labute approximate surface area is 223 Å². The molecule has 10 atom stereocenters. The van der Waals surface area contributed by atoms with Crippen molar-refractivity contribution >= 4 is 11.8 Å². The first-order valence-corrected chi connectivity index (χ1v) is 14.9. The van der Waals surface area contributed by atoms with Crippen LogP contribution in [0.4, 0.5) is 0 Å². The summed E-state index contributed by atoms with van der Waals surface area (Å²) < 4.78 is 18.2. The number of epoxide rings is 1. The minimum absolute atomic E-state index is 0.00767. The van der Waals surface area contributed by atoms with Crippen LogP contribution in [0.15, 0.2) is 11.6 Å². The highest BCUT2D eigenvalue weighted by atomic mass is 16.7. The van der Waals surface area contributed by atoms with Gasteiger partial charge in [0.25, 0.3) is 0 Å². The highest BCUT2D eigenvalue weighted by Crippen LogP contribution is 2.73. The Hall–Kier alpha value is -1.20. The molecule has 0 N–H and O–H groups in total. The zero-order chi connectivity index (χ0) is 26.8. The topological polar surface area (TPSA) is 65.1 Å². The van der Waals surface area contributed by atoms with Crippen LogP contribution in [0.5, 0.6) is 0 Å². The van der Waals surface area contributed by atoms with E-state index < -0.39 is 6.29 Å². The minimum Gasteiger partial charge on any atom is -0.436 e. The monoisotopic (exact) mass is 512 g/mol. The number of hydrogen-bond acceptors (Lipinski definition) is 5. The molecule has 0 unspecified atom stereocenters. The zero-order valence-electron chi connectivity index (χ0n) is 24.3. The fraction of sp³-hybridized carbons (Fsp3) is 0.875. The summed E-state index contributed by atoms with van der Waals surface area (Å²) in [5, 5.41) is 0. The van der Waals surface area contributed by atoms with Gasteiger partial charge in [-0.25, -0.2) is 0 Å². The van der Waals surface area contributed by atoms with E-state index in [2.05, 4.69) is 54.5 Å². The van der Waals surface area contributed by atoms with E-state index in [-0.39, 0.29) is 51.4 Å². The predicted molar refractivity (Wildman–Crippen MR) is 141 cm³/mol. The third-order valence-electron chi connectivity index (χ3n) is 13.0. The maximum Gasteiger partial charge on any atom is 0.304 e. The summed E-state index contributed by atoms with van der Waals surface area (Å²) in [6, 6.07) is 0. The highest BCUT2D eigenvalue weighted by Gasteiger charge is 2.68. The van der Waals surface area contributed by atoms with Crippen LogP contribution >= 0.6 is 0 Å². The van der Waals surface area contributed by atoms with Gasteiger partial charge >= 0.3 is 5.97 Å². The van der Waals surface area contributed by atoms with Gasteiger partial charge in [0.15, 0.2) is 0 Å². The van der Waals surface area contributed by atoms with E-state index in [0.717, 1.165) is 32.1 Å². The number of rotatable bonds is 3. The Morgan fingerprint density at radius 1 is 1.03 bits per heavy atom. The van der Waals surface area contributed by atoms with Crippen LogP contribution in [-0.2, 0) is 23.8 Å². The van der Waals surface area contributed by atoms with Gasteiger partial charge in [-0.15, -0.1) is 0 Å². The third-order valence-corrected chi connectivity index (χ3v) is 13.0. The normalized spacial score (nSPS) is 51.5. The fourth-order valence-electron chi connectivity index (χ4n) is 10.6. The Morgan fingerprint density at radius 3 is 2.38 bits per heavy atom. The molecule has 5 nitrogen and oxygen atoms in total. The van der Waals surface area contributed by atoms with Gasteiger partial charge in [0.2, 0.25) is 6.29 Å². The van der Waals surface area contributed by atoms with Crippen molar-refractivity contribution in [2.45, 2.75) is 131 Å². The number of carbonyl (C=O) groups is 2. The molecule has 0 aromatic rings. The van der Waals surface area contributed by atoms with E-state index in [4.69, 9.17) is 14.2 Å². The highest BCUT2D eigenvalue weighted by molar-refractivity contribution is 5.85. The molecule has 2 saturated heterocycles. The molecule has 5 fully saturated rings. The van der Waals surface area contributed by atoms with Crippen molar-refractivity contribution in [1.82, 2.24) is 0 Å². The standard InChI is InChI=1S/C32H48O5/c1-18(33)35-27-19(17-23(36-27)26-29(4,5)37-26)20-11-15-32(8)22-9-10-24-28(2,3)25(34)13-14-30(24,6)21(22)12-16-31(20,32)7/h9,19-21,23-24,26-27H,10-17H2,1-8H3/t19-,20-,21-,23-,24-,26-,27+,30+,31-,32+/m0/s1. The van der Waals surface area contributed by atoms with E-state index in [0.29, 0.717) is 23.5 Å². The van der Waals surface area contributed by atoms with E-state index in [1.54, 1.807) is 5.57 Å². The summed E-state index contributed by atoms with van der Waals surface area (Å²) in [6.07, 6.45) is 10.6. The maximum absolute atomic E-state index is 12.9. The number of allylic oxidation sites excluding steroid dienone is 2. The Morgan fingerprint density at radius 2 is 1.73 bits per heavy atom. The second kappa shape index (κ2) is 7.93. The first-order valence-electron chi connectivity index (χ1n) is 14.9. The molecule has 206 valence electrons. The molecule has 3 saturated carbocycles. The Balaban J connectivity index is 1.31. The summed E-state index contributed by atoms with van der Waals surface area (Å²) in [6.45, 7) is 17.7. The lowest BCUT2D eigenvalue weighted by atomic mass is 9.41. The van der Waals surface area contributed by atoms with Crippen molar-refractivity contribution in [3.8, 4) is 0 Å². The second-order valence-electron chi connectivity index (χ2n) is 15.3. The molecule has 2 heterocycles. The first kappa shape index (κ1) is 26.0. The molecular formula is C32H48O5. The summed E-state index contributed by atoms with van der Waals surface area (Å²) in [5.74, 6) is 1.84.